The van der Waals surface area contributed by atoms with Crippen LogP contribution in [0.15, 0.2) is 24.4 Å². The summed E-state index contributed by atoms with van der Waals surface area (Å²) in [7, 11) is 0. The van der Waals surface area contributed by atoms with E-state index in [4.69, 9.17) is 0 Å². The van der Waals surface area contributed by atoms with Crippen LogP contribution < -0.4 is 5.32 Å². The van der Waals surface area contributed by atoms with Crippen LogP contribution >= 0.6 is 11.3 Å². The molecule has 0 unspecified atom stereocenters. The van der Waals surface area contributed by atoms with Gasteiger partial charge in [0.05, 0.1) is 0 Å². The number of anilines is 1. The summed E-state index contributed by atoms with van der Waals surface area (Å²) in [4.78, 5) is 17.4. The molecule has 1 heterocycles. The van der Waals surface area contributed by atoms with E-state index in [1.165, 1.54) is 35.3 Å². The molecule has 19 heavy (non-hydrogen) atoms. The van der Waals surface area contributed by atoms with Gasteiger partial charge in [-0.25, -0.2) is 4.98 Å². The maximum Gasteiger partial charge on any atom is 0.257 e. The molecule has 1 aliphatic rings. The molecule has 3 nitrogen and oxygen atoms in total. The number of rotatable bonds is 2. The van der Waals surface area contributed by atoms with Crippen LogP contribution in [0.1, 0.15) is 39.2 Å². The van der Waals surface area contributed by atoms with Crippen molar-refractivity contribution >= 4 is 22.4 Å². The summed E-state index contributed by atoms with van der Waals surface area (Å²) in [5.41, 5.74) is 3.45. The molecule has 1 aromatic carbocycles. The molecule has 1 N–H and O–H groups in total. The molecule has 0 atom stereocenters. The Morgan fingerprint density at radius 2 is 2.05 bits per heavy atom. The molecule has 1 amide bonds. The number of nitrogens with one attached hydrogen (secondary N) is 1. The van der Waals surface area contributed by atoms with Gasteiger partial charge in [0, 0.05) is 16.6 Å². The topological polar surface area (TPSA) is 42.0 Å². The molecule has 1 aromatic heterocycles. The average molecular weight is 272 g/mol. The summed E-state index contributed by atoms with van der Waals surface area (Å²) < 4.78 is 0. The number of aromatic nitrogens is 1. The van der Waals surface area contributed by atoms with Crippen molar-refractivity contribution in [3.63, 3.8) is 0 Å². The van der Waals surface area contributed by atoms with Gasteiger partial charge < -0.3 is 0 Å². The second-order valence-corrected chi connectivity index (χ2v) is 6.16. The first-order valence-electron chi connectivity index (χ1n) is 6.58. The summed E-state index contributed by atoms with van der Waals surface area (Å²) >= 11 is 1.50. The normalized spacial score (nSPS) is 13.9. The molecular formula is C15H16N2OS. The molecule has 0 saturated heterocycles. The van der Waals surface area contributed by atoms with Crippen molar-refractivity contribution in [1.29, 1.82) is 0 Å². The van der Waals surface area contributed by atoms with Crippen LogP contribution in [0.4, 0.5) is 5.13 Å². The fraction of sp³-hybridized carbons (Fsp3) is 0.333. The van der Waals surface area contributed by atoms with Crippen LogP contribution in [-0.4, -0.2) is 10.9 Å². The molecule has 0 bridgehead atoms. The van der Waals surface area contributed by atoms with E-state index in [-0.39, 0.29) is 5.91 Å². The van der Waals surface area contributed by atoms with E-state index < -0.39 is 0 Å². The Balaban J connectivity index is 1.80. The predicted molar refractivity (Wildman–Crippen MR) is 77.9 cm³/mol. The van der Waals surface area contributed by atoms with E-state index in [1.54, 1.807) is 6.20 Å². The van der Waals surface area contributed by atoms with Crippen molar-refractivity contribution in [3.8, 4) is 0 Å². The van der Waals surface area contributed by atoms with Gasteiger partial charge >= 0.3 is 0 Å². The van der Waals surface area contributed by atoms with Gasteiger partial charge in [-0.3, -0.25) is 10.1 Å². The average Bonchev–Trinajstić information content (AvgIpc) is 2.83. The number of benzene rings is 1. The summed E-state index contributed by atoms with van der Waals surface area (Å²) in [5.74, 6) is -0.0669. The van der Waals surface area contributed by atoms with E-state index in [9.17, 15) is 4.79 Å². The number of fused-ring (bicyclic) bond motifs is 1. The highest BCUT2D eigenvalue weighted by Crippen LogP contribution is 2.23. The molecule has 0 radical (unpaired) electrons. The molecule has 0 aliphatic heterocycles. The fourth-order valence-corrected chi connectivity index (χ4v) is 3.12. The van der Waals surface area contributed by atoms with Gasteiger partial charge in [0.25, 0.3) is 5.91 Å². The molecule has 0 fully saturated rings. The number of aryl methyl sites for hydroxylation is 3. The third-order valence-corrected chi connectivity index (χ3v) is 4.28. The van der Waals surface area contributed by atoms with Crippen molar-refractivity contribution in [2.45, 2.75) is 32.6 Å². The lowest BCUT2D eigenvalue weighted by molar-refractivity contribution is 0.102. The largest absolute Gasteiger partial charge is 0.298 e. The first-order chi connectivity index (χ1) is 9.22. The Hall–Kier alpha value is -1.68. The summed E-state index contributed by atoms with van der Waals surface area (Å²) in [6, 6.07) is 6.04. The smallest absolute Gasteiger partial charge is 0.257 e. The van der Waals surface area contributed by atoms with E-state index >= 15 is 0 Å². The molecule has 1 aliphatic carbocycles. The lowest BCUT2D eigenvalue weighted by atomic mass is 9.90. The minimum absolute atomic E-state index is 0.0669. The Morgan fingerprint density at radius 1 is 1.26 bits per heavy atom. The van der Waals surface area contributed by atoms with Crippen molar-refractivity contribution in [3.05, 3.63) is 46.0 Å². The first kappa shape index (κ1) is 12.4. The van der Waals surface area contributed by atoms with Crippen LogP contribution in [0.2, 0.25) is 0 Å². The second-order valence-electron chi connectivity index (χ2n) is 4.92. The maximum atomic E-state index is 12.2. The van der Waals surface area contributed by atoms with Crippen molar-refractivity contribution in [2.75, 3.05) is 5.32 Å². The van der Waals surface area contributed by atoms with Crippen LogP contribution in [0.3, 0.4) is 0 Å². The third-order valence-electron chi connectivity index (χ3n) is 3.45. The maximum absolute atomic E-state index is 12.2. The van der Waals surface area contributed by atoms with E-state index in [1.807, 2.05) is 19.1 Å². The Morgan fingerprint density at radius 3 is 2.79 bits per heavy atom. The van der Waals surface area contributed by atoms with Gasteiger partial charge in [0.15, 0.2) is 5.13 Å². The number of amides is 1. The second kappa shape index (κ2) is 5.13. The Kier molecular flexibility index (Phi) is 3.34. The Bertz CT molecular complexity index is 618. The molecular weight excluding hydrogens is 256 g/mol. The number of carbonyl (C=O) groups excluding carboxylic acids is 1. The molecule has 0 spiro atoms. The van der Waals surface area contributed by atoms with Gasteiger partial charge in [0.1, 0.15) is 0 Å². The van der Waals surface area contributed by atoms with Crippen molar-refractivity contribution in [1.82, 2.24) is 4.98 Å². The van der Waals surface area contributed by atoms with Crippen LogP contribution in [0.5, 0.6) is 0 Å². The fourth-order valence-electron chi connectivity index (χ4n) is 2.46. The molecule has 98 valence electrons. The van der Waals surface area contributed by atoms with Gasteiger partial charge in [-0.2, -0.15) is 0 Å². The zero-order valence-electron chi connectivity index (χ0n) is 10.9. The highest BCUT2D eigenvalue weighted by atomic mass is 32.1. The quantitative estimate of drug-likeness (QED) is 0.908. The van der Waals surface area contributed by atoms with Gasteiger partial charge in [0.2, 0.25) is 0 Å². The molecule has 3 rings (SSSR count). The standard InChI is InChI=1S/C15H16N2OS/c1-10-9-16-15(19-10)17-14(18)13-7-6-11-4-2-3-5-12(11)8-13/h6-9H,2-5H2,1H3,(H,16,17,18). The summed E-state index contributed by atoms with van der Waals surface area (Å²) in [5, 5.41) is 3.52. The van der Waals surface area contributed by atoms with Crippen LogP contribution in [0.25, 0.3) is 0 Å². The molecule has 0 saturated carbocycles. The Labute approximate surface area is 116 Å². The molecule has 2 aromatic rings. The number of carbonyl (C=O) groups is 1. The van der Waals surface area contributed by atoms with Crippen molar-refractivity contribution in [2.24, 2.45) is 0 Å². The van der Waals surface area contributed by atoms with E-state index in [0.717, 1.165) is 23.3 Å². The SMILES string of the molecule is Cc1cnc(NC(=O)c2ccc3c(c2)CCCC3)s1. The highest BCUT2D eigenvalue weighted by molar-refractivity contribution is 7.15. The van der Waals surface area contributed by atoms with Gasteiger partial charge in [-0.1, -0.05) is 6.07 Å². The van der Waals surface area contributed by atoms with Crippen LogP contribution in [-0.2, 0) is 12.8 Å². The zero-order valence-corrected chi connectivity index (χ0v) is 11.7. The highest BCUT2D eigenvalue weighted by Gasteiger charge is 2.13. The van der Waals surface area contributed by atoms with Crippen LogP contribution in [0, 0.1) is 6.92 Å². The third kappa shape index (κ3) is 2.68. The number of thiazole rings is 1. The predicted octanol–water partition coefficient (Wildman–Crippen LogP) is 3.58. The monoisotopic (exact) mass is 272 g/mol. The summed E-state index contributed by atoms with van der Waals surface area (Å²) in [6.45, 7) is 1.98. The van der Waals surface area contributed by atoms with E-state index in [0.29, 0.717) is 5.13 Å². The minimum atomic E-state index is -0.0669. The van der Waals surface area contributed by atoms with Gasteiger partial charge in [-0.05, 0) is 55.9 Å². The van der Waals surface area contributed by atoms with Crippen molar-refractivity contribution < 1.29 is 4.79 Å². The van der Waals surface area contributed by atoms with Gasteiger partial charge in [-0.15, -0.1) is 11.3 Å². The first-order valence-corrected chi connectivity index (χ1v) is 7.39. The zero-order chi connectivity index (χ0) is 13.2. The number of nitrogens with zero attached hydrogens (tertiary/aromatic N) is 1. The number of hydrogen-bond acceptors (Lipinski definition) is 3. The summed E-state index contributed by atoms with van der Waals surface area (Å²) in [6.07, 6.45) is 6.49. The van der Waals surface area contributed by atoms with E-state index in [2.05, 4.69) is 16.4 Å². The number of hydrogen-bond donors (Lipinski definition) is 1. The lowest BCUT2D eigenvalue weighted by Crippen LogP contribution is -2.13. The lowest BCUT2D eigenvalue weighted by Gasteiger charge is -2.16. The molecule has 4 heteroatoms. The minimum Gasteiger partial charge on any atom is -0.298 e.